The lowest BCUT2D eigenvalue weighted by atomic mass is 10.1. The highest BCUT2D eigenvalue weighted by Gasteiger charge is 2.39. The first kappa shape index (κ1) is 19.2. The normalized spacial score (nSPS) is 15.1. The summed E-state index contributed by atoms with van der Waals surface area (Å²) >= 11 is 5.72. The minimum Gasteiger partial charge on any atom is -0.376 e. The van der Waals surface area contributed by atoms with Crippen LogP contribution < -0.4 is 4.72 Å². The van der Waals surface area contributed by atoms with Crippen LogP contribution in [0.1, 0.15) is 17.0 Å². The molecule has 11 heteroatoms. The standard InChI is InChI=1S/C15H15ClF3N3O3S/c16-10-1-3-11(4-2-10)26(23,24)20-6-7-22-13-5-8-25-9-12(13)14(21-22)15(17,18)19/h1-4,20H,5-9H2. The maximum Gasteiger partial charge on any atom is 0.435 e. The maximum atomic E-state index is 13.1. The Hall–Kier alpha value is -1.62. The van der Waals surface area contributed by atoms with E-state index in [4.69, 9.17) is 16.3 Å². The van der Waals surface area contributed by atoms with Gasteiger partial charge in [0.1, 0.15) is 0 Å². The van der Waals surface area contributed by atoms with Crippen molar-refractivity contribution in [3.05, 3.63) is 46.2 Å². The molecule has 0 amide bonds. The largest absolute Gasteiger partial charge is 0.435 e. The molecule has 1 aliphatic heterocycles. The molecule has 3 rings (SSSR count). The van der Waals surface area contributed by atoms with Crippen molar-refractivity contribution in [3.8, 4) is 0 Å². The first-order valence-corrected chi connectivity index (χ1v) is 9.53. The van der Waals surface area contributed by atoms with Crippen LogP contribution in [-0.4, -0.2) is 31.3 Å². The Morgan fingerprint density at radius 3 is 2.62 bits per heavy atom. The Morgan fingerprint density at radius 1 is 1.27 bits per heavy atom. The molecule has 0 radical (unpaired) electrons. The smallest absolute Gasteiger partial charge is 0.376 e. The molecule has 0 saturated heterocycles. The number of nitrogens with zero attached hydrogens (tertiary/aromatic N) is 2. The third-order valence-electron chi connectivity index (χ3n) is 3.90. The van der Waals surface area contributed by atoms with Gasteiger partial charge in [-0.1, -0.05) is 11.6 Å². The molecule has 0 unspecified atom stereocenters. The van der Waals surface area contributed by atoms with Crippen LogP contribution in [0.4, 0.5) is 13.2 Å². The van der Waals surface area contributed by atoms with Crippen LogP contribution in [0.15, 0.2) is 29.2 Å². The van der Waals surface area contributed by atoms with Gasteiger partial charge in [-0.2, -0.15) is 18.3 Å². The van der Waals surface area contributed by atoms with E-state index in [9.17, 15) is 21.6 Å². The summed E-state index contributed by atoms with van der Waals surface area (Å²) in [6.45, 7) is 0.0235. The van der Waals surface area contributed by atoms with Crippen molar-refractivity contribution in [1.82, 2.24) is 14.5 Å². The van der Waals surface area contributed by atoms with Gasteiger partial charge in [-0.25, -0.2) is 13.1 Å². The molecule has 0 fully saturated rings. The fourth-order valence-electron chi connectivity index (χ4n) is 2.70. The number of sulfonamides is 1. The lowest BCUT2D eigenvalue weighted by Crippen LogP contribution is -2.28. The number of rotatable bonds is 5. The quantitative estimate of drug-likeness (QED) is 0.823. The van der Waals surface area contributed by atoms with Crippen LogP contribution in [0, 0.1) is 0 Å². The van der Waals surface area contributed by atoms with Gasteiger partial charge in [0.2, 0.25) is 10.0 Å². The predicted molar refractivity (Wildman–Crippen MR) is 87.2 cm³/mol. The number of aromatic nitrogens is 2. The Kier molecular flexibility index (Phi) is 5.29. The van der Waals surface area contributed by atoms with Crippen LogP contribution in [-0.2, 0) is 40.5 Å². The number of hydrogen-bond acceptors (Lipinski definition) is 4. The topological polar surface area (TPSA) is 73.2 Å². The van der Waals surface area contributed by atoms with Gasteiger partial charge in [0.05, 0.1) is 24.7 Å². The van der Waals surface area contributed by atoms with Crippen LogP contribution in [0.2, 0.25) is 5.02 Å². The number of hydrogen-bond donors (Lipinski definition) is 1. The Morgan fingerprint density at radius 2 is 1.96 bits per heavy atom. The lowest BCUT2D eigenvalue weighted by Gasteiger charge is -2.15. The SMILES string of the molecule is O=S(=O)(NCCn1nc(C(F)(F)F)c2c1CCOC2)c1ccc(Cl)cc1. The molecule has 0 aliphatic carbocycles. The summed E-state index contributed by atoms with van der Waals surface area (Å²) in [5.41, 5.74) is -0.536. The Bertz CT molecular complexity index is 895. The van der Waals surface area contributed by atoms with Crippen molar-refractivity contribution in [3.63, 3.8) is 0 Å². The molecule has 2 heterocycles. The molecule has 142 valence electrons. The second-order valence-corrected chi connectivity index (χ2v) is 7.85. The van der Waals surface area contributed by atoms with Crippen LogP contribution in [0.25, 0.3) is 0 Å². The molecule has 1 N–H and O–H groups in total. The number of halogens is 4. The summed E-state index contributed by atoms with van der Waals surface area (Å²) in [7, 11) is -3.79. The third kappa shape index (κ3) is 4.03. The van der Waals surface area contributed by atoms with E-state index in [1.807, 2.05) is 0 Å². The Balaban J connectivity index is 1.74. The average Bonchev–Trinajstić information content (AvgIpc) is 2.94. The number of nitrogens with one attached hydrogen (secondary N) is 1. The average molecular weight is 410 g/mol. The lowest BCUT2D eigenvalue weighted by molar-refractivity contribution is -0.142. The van der Waals surface area contributed by atoms with E-state index in [0.717, 1.165) is 0 Å². The van der Waals surface area contributed by atoms with Gasteiger partial charge in [-0.05, 0) is 24.3 Å². The number of alkyl halides is 3. The van der Waals surface area contributed by atoms with Crippen molar-refractivity contribution in [1.29, 1.82) is 0 Å². The van der Waals surface area contributed by atoms with Gasteiger partial charge in [0.25, 0.3) is 0 Å². The summed E-state index contributed by atoms with van der Waals surface area (Å²) in [4.78, 5) is 0.0220. The summed E-state index contributed by atoms with van der Waals surface area (Å²) in [5.74, 6) is 0. The summed E-state index contributed by atoms with van der Waals surface area (Å²) in [6, 6.07) is 5.57. The second kappa shape index (κ2) is 7.18. The molecule has 0 atom stereocenters. The molecule has 1 aliphatic rings. The minimum atomic E-state index is -4.58. The van der Waals surface area contributed by atoms with E-state index < -0.39 is 21.9 Å². The zero-order valence-corrected chi connectivity index (χ0v) is 15.0. The molecule has 0 bridgehead atoms. The van der Waals surface area contributed by atoms with Crippen molar-refractivity contribution < 1.29 is 26.3 Å². The predicted octanol–water partition coefficient (Wildman–Crippen LogP) is 2.61. The van der Waals surface area contributed by atoms with E-state index in [0.29, 0.717) is 23.7 Å². The summed E-state index contributed by atoms with van der Waals surface area (Å²) in [6.07, 6.45) is -4.29. The van der Waals surface area contributed by atoms with Crippen LogP contribution in [0.5, 0.6) is 0 Å². The summed E-state index contributed by atoms with van der Waals surface area (Å²) in [5, 5.41) is 4.02. The first-order chi connectivity index (χ1) is 12.2. The number of fused-ring (bicyclic) bond motifs is 1. The fraction of sp³-hybridized carbons (Fsp3) is 0.400. The molecular formula is C15H15ClF3N3O3S. The molecule has 1 aromatic carbocycles. The van der Waals surface area contributed by atoms with Crippen molar-refractivity contribution in [2.75, 3.05) is 13.2 Å². The number of ether oxygens (including phenoxy) is 1. The van der Waals surface area contributed by atoms with Gasteiger partial charge in [-0.15, -0.1) is 0 Å². The van der Waals surface area contributed by atoms with E-state index in [1.165, 1.54) is 28.9 Å². The highest BCUT2D eigenvalue weighted by molar-refractivity contribution is 7.89. The fourth-order valence-corrected chi connectivity index (χ4v) is 3.85. The zero-order chi connectivity index (χ0) is 18.9. The van der Waals surface area contributed by atoms with E-state index in [2.05, 4.69) is 9.82 Å². The Labute approximate surface area is 153 Å². The van der Waals surface area contributed by atoms with Crippen molar-refractivity contribution >= 4 is 21.6 Å². The number of benzene rings is 1. The van der Waals surface area contributed by atoms with Gasteiger partial charge < -0.3 is 4.74 Å². The minimum absolute atomic E-state index is 0.0179. The van der Waals surface area contributed by atoms with E-state index in [-0.39, 0.29) is 30.2 Å². The maximum absolute atomic E-state index is 13.1. The van der Waals surface area contributed by atoms with Crippen molar-refractivity contribution in [2.45, 2.75) is 30.6 Å². The van der Waals surface area contributed by atoms with E-state index >= 15 is 0 Å². The highest BCUT2D eigenvalue weighted by atomic mass is 35.5. The van der Waals surface area contributed by atoms with Gasteiger partial charge in [0, 0.05) is 29.2 Å². The van der Waals surface area contributed by atoms with Gasteiger partial charge >= 0.3 is 6.18 Å². The zero-order valence-electron chi connectivity index (χ0n) is 13.4. The summed E-state index contributed by atoms with van der Waals surface area (Å²) < 4.78 is 72.4. The van der Waals surface area contributed by atoms with Gasteiger partial charge in [0.15, 0.2) is 5.69 Å². The van der Waals surface area contributed by atoms with Gasteiger partial charge in [-0.3, -0.25) is 4.68 Å². The molecule has 26 heavy (non-hydrogen) atoms. The molecular weight excluding hydrogens is 395 g/mol. The van der Waals surface area contributed by atoms with E-state index in [1.54, 1.807) is 0 Å². The molecule has 0 spiro atoms. The molecule has 6 nitrogen and oxygen atoms in total. The second-order valence-electron chi connectivity index (χ2n) is 5.65. The third-order valence-corrected chi connectivity index (χ3v) is 5.63. The highest BCUT2D eigenvalue weighted by Crippen LogP contribution is 2.34. The molecule has 1 aromatic heterocycles. The van der Waals surface area contributed by atoms with Crippen molar-refractivity contribution in [2.24, 2.45) is 0 Å². The monoisotopic (exact) mass is 409 g/mol. The first-order valence-electron chi connectivity index (χ1n) is 7.67. The van der Waals surface area contributed by atoms with Crippen LogP contribution in [0.3, 0.4) is 0 Å². The molecule has 0 saturated carbocycles. The van der Waals surface area contributed by atoms with Crippen LogP contribution >= 0.6 is 11.6 Å². The molecule has 2 aromatic rings.